The first-order chi connectivity index (χ1) is 17.2. The van der Waals surface area contributed by atoms with Crippen molar-refractivity contribution in [3.05, 3.63) is 86.9 Å². The molecule has 3 aromatic carbocycles. The van der Waals surface area contributed by atoms with Crippen molar-refractivity contribution in [3.63, 3.8) is 0 Å². The van der Waals surface area contributed by atoms with Crippen molar-refractivity contribution < 1.29 is 31.5 Å². The first kappa shape index (κ1) is 24.8. The summed E-state index contributed by atoms with van der Waals surface area (Å²) < 4.78 is 67.6. The van der Waals surface area contributed by atoms with E-state index in [1.54, 1.807) is 13.8 Å². The van der Waals surface area contributed by atoms with Crippen LogP contribution < -0.4 is 21.3 Å². The zero-order valence-corrected chi connectivity index (χ0v) is 20.0. The minimum Gasteiger partial charge on any atom is -0.362 e. The fourth-order valence-corrected chi connectivity index (χ4v) is 4.80. The fraction of sp³-hybridized carbons (Fsp3) is 0.200. The molecule has 0 saturated carbocycles. The molecule has 0 bridgehead atoms. The first-order valence-electron chi connectivity index (χ1n) is 11.0. The number of benzene rings is 3. The number of carbonyl (C=O) groups is 2. The number of amides is 2. The largest absolute Gasteiger partial charge is 0.416 e. The van der Waals surface area contributed by atoms with Crippen LogP contribution in [-0.2, 0) is 6.18 Å². The smallest absolute Gasteiger partial charge is 0.362 e. The van der Waals surface area contributed by atoms with Gasteiger partial charge in [0.2, 0.25) is 0 Å². The second-order valence-electron chi connectivity index (χ2n) is 9.26. The second-order valence-corrected chi connectivity index (χ2v) is 9.67. The van der Waals surface area contributed by atoms with Gasteiger partial charge in [0.15, 0.2) is 0 Å². The Bertz CT molecular complexity index is 1490. The lowest BCUT2D eigenvalue weighted by Gasteiger charge is -2.19. The van der Waals surface area contributed by atoms with Gasteiger partial charge in [-0.2, -0.15) is 13.2 Å². The summed E-state index contributed by atoms with van der Waals surface area (Å²) in [6.07, 6.45) is -4.87. The van der Waals surface area contributed by atoms with Crippen LogP contribution in [0.5, 0.6) is 0 Å². The van der Waals surface area contributed by atoms with Gasteiger partial charge in [-0.15, -0.1) is 0 Å². The minimum absolute atomic E-state index is 0.0484. The van der Waals surface area contributed by atoms with Gasteiger partial charge < -0.3 is 21.3 Å². The van der Waals surface area contributed by atoms with Gasteiger partial charge in [-0.1, -0.05) is 11.6 Å². The van der Waals surface area contributed by atoms with Gasteiger partial charge in [0.1, 0.15) is 17.3 Å². The highest BCUT2D eigenvalue weighted by Gasteiger charge is 2.41. The van der Waals surface area contributed by atoms with Crippen molar-refractivity contribution >= 4 is 40.5 Å². The molecule has 0 radical (unpaired) electrons. The molecule has 0 spiro atoms. The Balaban J connectivity index is 1.65. The lowest BCUT2D eigenvalue weighted by Crippen LogP contribution is -2.34. The third kappa shape index (κ3) is 4.43. The van der Waals surface area contributed by atoms with E-state index in [9.17, 15) is 31.5 Å². The van der Waals surface area contributed by atoms with Crippen LogP contribution in [0.2, 0.25) is 5.02 Å². The number of anilines is 3. The van der Waals surface area contributed by atoms with Crippen molar-refractivity contribution in [3.8, 4) is 0 Å². The normalized spacial score (nSPS) is 17.4. The van der Waals surface area contributed by atoms with Crippen LogP contribution in [0.4, 0.5) is 39.0 Å². The maximum atomic E-state index is 14.1. The van der Waals surface area contributed by atoms with Crippen LogP contribution in [0, 0.1) is 11.6 Å². The van der Waals surface area contributed by atoms with Gasteiger partial charge >= 0.3 is 6.18 Å². The summed E-state index contributed by atoms with van der Waals surface area (Å²) in [6, 6.07) is 5.59. The number of alkyl halides is 3. The second kappa shape index (κ2) is 8.34. The molecule has 1 atom stereocenters. The maximum Gasteiger partial charge on any atom is 0.416 e. The zero-order chi connectivity index (χ0) is 26.9. The number of fused-ring (bicyclic) bond motifs is 3. The van der Waals surface area contributed by atoms with Crippen LogP contribution in [-0.4, -0.2) is 17.5 Å². The van der Waals surface area contributed by atoms with Crippen molar-refractivity contribution in [2.75, 3.05) is 16.0 Å². The van der Waals surface area contributed by atoms with Crippen LogP contribution in [0.1, 0.15) is 57.3 Å². The lowest BCUT2D eigenvalue weighted by molar-refractivity contribution is -0.137. The molecular formula is C25H18ClF5N4O2. The number of nitrogens with one attached hydrogen (secondary N) is 4. The molecule has 0 fully saturated rings. The average Bonchev–Trinajstić information content (AvgIpc) is 3.29. The highest BCUT2D eigenvalue weighted by Crippen LogP contribution is 2.48. The number of hydrogen-bond donors (Lipinski definition) is 4. The summed E-state index contributed by atoms with van der Waals surface area (Å²) in [7, 11) is 0. The molecule has 0 aromatic heterocycles. The summed E-state index contributed by atoms with van der Waals surface area (Å²) in [5.74, 6) is -3.44. The number of carbonyl (C=O) groups excluding carboxylic acids is 2. The SMILES string of the molecule is CC1(C)Nc2cc(NC(=O)c3cc(F)cc(C(F)(F)F)c3)c3c(c2N1)C(=O)NC3c1cc(F)ccc1Cl. The van der Waals surface area contributed by atoms with E-state index in [4.69, 9.17) is 11.6 Å². The van der Waals surface area contributed by atoms with Gasteiger partial charge in [0, 0.05) is 27.4 Å². The molecule has 2 amide bonds. The quantitative estimate of drug-likeness (QED) is 0.296. The molecule has 3 aromatic rings. The Morgan fingerprint density at radius 2 is 1.76 bits per heavy atom. The molecule has 5 rings (SSSR count). The third-order valence-corrected chi connectivity index (χ3v) is 6.39. The molecule has 12 heteroatoms. The standard InChI is InChI=1S/C25H18ClF5N4O2/c1-24(2)34-17-9-16(32-22(36)10-5-11(25(29,30)31)7-13(28)6-10)18-19(21(17)35-24)23(37)33-20(18)14-8-12(27)3-4-15(14)26/h3-9,20,34-35H,1-2H3,(H,32,36)(H,33,37). The van der Waals surface area contributed by atoms with E-state index in [-0.39, 0.29) is 33.5 Å². The highest BCUT2D eigenvalue weighted by atomic mass is 35.5. The fourth-order valence-electron chi connectivity index (χ4n) is 4.57. The predicted molar refractivity (Wildman–Crippen MR) is 128 cm³/mol. The molecule has 0 saturated heterocycles. The van der Waals surface area contributed by atoms with E-state index in [1.165, 1.54) is 12.1 Å². The van der Waals surface area contributed by atoms with E-state index in [2.05, 4.69) is 21.3 Å². The van der Waals surface area contributed by atoms with E-state index in [0.717, 1.165) is 12.1 Å². The van der Waals surface area contributed by atoms with Gasteiger partial charge in [-0.3, -0.25) is 9.59 Å². The summed E-state index contributed by atoms with van der Waals surface area (Å²) in [5, 5.41) is 11.7. The molecule has 1 unspecified atom stereocenters. The van der Waals surface area contributed by atoms with Gasteiger partial charge in [-0.05, 0) is 56.3 Å². The van der Waals surface area contributed by atoms with Crippen molar-refractivity contribution in [1.29, 1.82) is 0 Å². The van der Waals surface area contributed by atoms with Crippen LogP contribution >= 0.6 is 11.6 Å². The van der Waals surface area contributed by atoms with Gasteiger partial charge in [-0.25, -0.2) is 8.78 Å². The zero-order valence-electron chi connectivity index (χ0n) is 19.2. The molecule has 0 aliphatic carbocycles. The van der Waals surface area contributed by atoms with E-state index in [1.807, 2.05) is 0 Å². The summed E-state index contributed by atoms with van der Waals surface area (Å²) in [4.78, 5) is 26.2. The van der Waals surface area contributed by atoms with Gasteiger partial charge in [0.25, 0.3) is 11.8 Å². The first-order valence-corrected chi connectivity index (χ1v) is 11.3. The Kier molecular flexibility index (Phi) is 5.59. The van der Waals surface area contributed by atoms with Gasteiger partial charge in [0.05, 0.1) is 28.5 Å². The molecule has 2 aliphatic rings. The van der Waals surface area contributed by atoms with Crippen molar-refractivity contribution in [2.24, 2.45) is 0 Å². The molecule has 6 nitrogen and oxygen atoms in total. The minimum atomic E-state index is -4.87. The van der Waals surface area contributed by atoms with Crippen molar-refractivity contribution in [1.82, 2.24) is 5.32 Å². The van der Waals surface area contributed by atoms with E-state index >= 15 is 0 Å². The highest BCUT2D eigenvalue weighted by molar-refractivity contribution is 6.31. The van der Waals surface area contributed by atoms with Crippen LogP contribution in [0.15, 0.2) is 42.5 Å². The number of hydrogen-bond acceptors (Lipinski definition) is 4. The third-order valence-electron chi connectivity index (χ3n) is 6.05. The summed E-state index contributed by atoms with van der Waals surface area (Å²) in [5.41, 5.74) is -1.10. The van der Waals surface area contributed by atoms with Crippen LogP contribution in [0.25, 0.3) is 0 Å². The summed E-state index contributed by atoms with van der Waals surface area (Å²) in [6.45, 7) is 3.60. The molecule has 37 heavy (non-hydrogen) atoms. The van der Waals surface area contributed by atoms with Crippen molar-refractivity contribution in [2.45, 2.75) is 31.7 Å². The number of rotatable bonds is 3. The Hall–Kier alpha value is -3.86. The molecule has 2 heterocycles. The monoisotopic (exact) mass is 536 g/mol. The topological polar surface area (TPSA) is 82.3 Å². The van der Waals surface area contributed by atoms with E-state index in [0.29, 0.717) is 23.5 Å². The summed E-state index contributed by atoms with van der Waals surface area (Å²) >= 11 is 6.30. The number of halogens is 6. The molecular weight excluding hydrogens is 519 g/mol. The molecule has 2 aliphatic heterocycles. The predicted octanol–water partition coefficient (Wildman–Crippen LogP) is 6.30. The maximum absolute atomic E-state index is 14.1. The van der Waals surface area contributed by atoms with Crippen LogP contribution in [0.3, 0.4) is 0 Å². The Morgan fingerprint density at radius 1 is 1.03 bits per heavy atom. The average molecular weight is 537 g/mol. The lowest BCUT2D eigenvalue weighted by atomic mass is 9.94. The molecule has 4 N–H and O–H groups in total. The van der Waals surface area contributed by atoms with E-state index < -0.39 is 52.5 Å². The molecule has 192 valence electrons. The Labute approximate surface area is 212 Å². The Morgan fingerprint density at radius 3 is 2.46 bits per heavy atom.